The number of ether oxygens (including phenoxy) is 1. The van der Waals surface area contributed by atoms with Crippen molar-refractivity contribution in [2.75, 3.05) is 13.6 Å². The fraction of sp³-hybridized carbons (Fsp3) is 0.273. The average molecular weight is 403 g/mol. The number of hydrogen-bond donors (Lipinski definition) is 1. The molecule has 3 aromatic heterocycles. The first-order valence-corrected chi connectivity index (χ1v) is 9.90. The van der Waals surface area contributed by atoms with Gasteiger partial charge in [0.1, 0.15) is 29.1 Å². The zero-order valence-corrected chi connectivity index (χ0v) is 16.5. The van der Waals surface area contributed by atoms with E-state index < -0.39 is 12.0 Å². The maximum atomic E-state index is 11.5. The number of rotatable bonds is 4. The van der Waals surface area contributed by atoms with E-state index in [1.165, 1.54) is 0 Å². The number of fused-ring (bicyclic) bond motifs is 2. The number of benzene rings is 1. The molecule has 1 aliphatic rings. The van der Waals surface area contributed by atoms with Crippen LogP contribution >= 0.6 is 0 Å². The number of carbonyl (C=O) groups is 1. The third-order valence-corrected chi connectivity index (χ3v) is 5.63. The number of hydrogen-bond acceptors (Lipinski definition) is 6. The lowest BCUT2D eigenvalue weighted by atomic mass is 10.00. The van der Waals surface area contributed by atoms with Crippen LogP contribution in [0.2, 0.25) is 0 Å². The molecule has 1 saturated heterocycles. The molecule has 152 valence electrons. The van der Waals surface area contributed by atoms with Gasteiger partial charge in [-0.2, -0.15) is 0 Å². The van der Waals surface area contributed by atoms with Gasteiger partial charge in [-0.05, 0) is 37.7 Å². The van der Waals surface area contributed by atoms with Crippen molar-refractivity contribution >= 4 is 22.5 Å². The van der Waals surface area contributed by atoms with E-state index in [9.17, 15) is 9.90 Å². The summed E-state index contributed by atoms with van der Waals surface area (Å²) in [6, 6.07) is 14.9. The van der Waals surface area contributed by atoms with Gasteiger partial charge in [-0.3, -0.25) is 14.1 Å². The fourth-order valence-electron chi connectivity index (χ4n) is 3.98. The molecule has 0 saturated carbocycles. The van der Waals surface area contributed by atoms with E-state index in [0.29, 0.717) is 30.2 Å². The molecule has 0 aliphatic carbocycles. The van der Waals surface area contributed by atoms with Crippen molar-refractivity contribution in [3.63, 3.8) is 0 Å². The molecule has 8 nitrogen and oxygen atoms in total. The number of carboxylic acids is 1. The van der Waals surface area contributed by atoms with Gasteiger partial charge >= 0.3 is 5.97 Å². The summed E-state index contributed by atoms with van der Waals surface area (Å²) in [5.41, 5.74) is 2.18. The largest absolute Gasteiger partial charge is 0.488 e. The van der Waals surface area contributed by atoms with Crippen LogP contribution in [0.5, 0.6) is 5.75 Å². The smallest absolute Gasteiger partial charge is 0.321 e. The number of para-hydroxylation sites is 1. The monoisotopic (exact) mass is 403 g/mol. The van der Waals surface area contributed by atoms with Crippen molar-refractivity contribution in [2.24, 2.45) is 0 Å². The van der Waals surface area contributed by atoms with Crippen LogP contribution in [0.15, 0.2) is 54.7 Å². The van der Waals surface area contributed by atoms with Crippen LogP contribution in [0.3, 0.4) is 0 Å². The Bertz CT molecular complexity index is 1240. The van der Waals surface area contributed by atoms with Crippen LogP contribution in [0, 0.1) is 0 Å². The molecular formula is C22H21N5O3. The molecule has 1 N–H and O–H groups in total. The lowest BCUT2D eigenvalue weighted by Gasteiger charge is -2.34. The Balaban J connectivity index is 1.50. The highest BCUT2D eigenvalue weighted by molar-refractivity contribution is 5.86. The molecule has 0 bridgehead atoms. The van der Waals surface area contributed by atoms with Crippen LogP contribution in [0.4, 0.5) is 0 Å². The molecule has 0 amide bonds. The Morgan fingerprint density at radius 1 is 1.13 bits per heavy atom. The van der Waals surface area contributed by atoms with Crippen molar-refractivity contribution in [3.05, 3.63) is 54.7 Å². The summed E-state index contributed by atoms with van der Waals surface area (Å²) in [6.45, 7) is 0.677. The molecule has 4 heterocycles. The number of pyridine rings is 2. The third kappa shape index (κ3) is 3.25. The van der Waals surface area contributed by atoms with Crippen molar-refractivity contribution in [1.29, 1.82) is 0 Å². The maximum absolute atomic E-state index is 11.5. The highest BCUT2D eigenvalue weighted by Gasteiger charge is 2.32. The number of likely N-dealkylation sites (tertiary alicyclic amines) is 1. The van der Waals surface area contributed by atoms with Crippen LogP contribution in [0.1, 0.15) is 12.8 Å². The van der Waals surface area contributed by atoms with Crippen molar-refractivity contribution < 1.29 is 14.6 Å². The quantitative estimate of drug-likeness (QED) is 0.560. The Kier molecular flexibility index (Phi) is 4.55. The summed E-state index contributed by atoms with van der Waals surface area (Å²) in [4.78, 5) is 18.2. The normalized spacial score (nSPS) is 19.9. The standard InChI is InChI=1S/C22H21N5O3/c1-26-12-10-15(13-17(26)22(28)29)30-18-6-4-5-14-8-9-16(23-20(14)18)21-25-24-19-7-2-3-11-27(19)21/h2-9,11,15,17H,10,12-13H2,1H3,(H,28,29)/t15-,17-/m0/s1. The molecule has 1 fully saturated rings. The maximum Gasteiger partial charge on any atom is 0.321 e. The zero-order valence-electron chi connectivity index (χ0n) is 16.5. The minimum Gasteiger partial charge on any atom is -0.488 e. The summed E-state index contributed by atoms with van der Waals surface area (Å²) in [5.74, 6) is 0.497. The topological polar surface area (TPSA) is 92.9 Å². The summed E-state index contributed by atoms with van der Waals surface area (Å²) in [5, 5.41) is 18.9. The molecule has 5 rings (SSSR count). The number of carboxylic acid groups (broad SMARTS) is 1. The Hall–Kier alpha value is -3.52. The van der Waals surface area contributed by atoms with Gasteiger partial charge in [-0.25, -0.2) is 4.98 Å². The molecule has 0 radical (unpaired) electrons. The number of piperidine rings is 1. The molecule has 8 heteroatoms. The van der Waals surface area contributed by atoms with Crippen molar-refractivity contribution in [2.45, 2.75) is 25.0 Å². The Morgan fingerprint density at radius 2 is 2.03 bits per heavy atom. The second-order valence-electron chi connectivity index (χ2n) is 7.58. The van der Waals surface area contributed by atoms with Crippen LogP contribution in [-0.4, -0.2) is 61.3 Å². The first kappa shape index (κ1) is 18.5. The number of aliphatic carboxylic acids is 1. The summed E-state index contributed by atoms with van der Waals surface area (Å²) >= 11 is 0. The van der Waals surface area contributed by atoms with Crippen LogP contribution < -0.4 is 4.74 Å². The van der Waals surface area contributed by atoms with Crippen LogP contribution in [0.25, 0.3) is 28.1 Å². The Labute approximate surface area is 172 Å². The number of likely N-dealkylation sites (N-methyl/N-ethyl adjacent to an activating group) is 1. The van der Waals surface area contributed by atoms with Crippen molar-refractivity contribution in [3.8, 4) is 17.3 Å². The molecule has 1 aliphatic heterocycles. The lowest BCUT2D eigenvalue weighted by Crippen LogP contribution is -2.47. The molecule has 1 aromatic carbocycles. The second-order valence-corrected chi connectivity index (χ2v) is 7.58. The first-order chi connectivity index (χ1) is 14.6. The van der Waals surface area contributed by atoms with Gasteiger partial charge in [-0.1, -0.05) is 24.3 Å². The van der Waals surface area contributed by atoms with E-state index in [-0.39, 0.29) is 6.10 Å². The van der Waals surface area contributed by atoms with Gasteiger partial charge in [0.05, 0.1) is 0 Å². The first-order valence-electron chi connectivity index (χ1n) is 9.90. The van der Waals surface area contributed by atoms with Gasteiger partial charge in [0, 0.05) is 24.5 Å². The molecular weight excluding hydrogens is 382 g/mol. The summed E-state index contributed by atoms with van der Waals surface area (Å²) in [6.07, 6.45) is 2.94. The minimum atomic E-state index is -0.817. The van der Waals surface area contributed by atoms with Crippen LogP contribution in [-0.2, 0) is 4.79 Å². The third-order valence-electron chi connectivity index (χ3n) is 5.63. The zero-order chi connectivity index (χ0) is 20.7. The molecule has 0 unspecified atom stereocenters. The average Bonchev–Trinajstić information content (AvgIpc) is 3.19. The second kappa shape index (κ2) is 7.38. The highest BCUT2D eigenvalue weighted by Crippen LogP contribution is 2.30. The molecule has 4 aromatic rings. The van der Waals surface area contributed by atoms with Gasteiger partial charge in [-0.15, -0.1) is 10.2 Å². The summed E-state index contributed by atoms with van der Waals surface area (Å²) < 4.78 is 8.16. The number of nitrogens with zero attached hydrogens (tertiary/aromatic N) is 5. The summed E-state index contributed by atoms with van der Waals surface area (Å²) in [7, 11) is 1.84. The Morgan fingerprint density at radius 3 is 2.90 bits per heavy atom. The molecule has 0 spiro atoms. The lowest BCUT2D eigenvalue weighted by molar-refractivity contribution is -0.145. The fourth-order valence-corrected chi connectivity index (χ4v) is 3.98. The van der Waals surface area contributed by atoms with Crippen molar-refractivity contribution in [1.82, 2.24) is 24.5 Å². The predicted octanol–water partition coefficient (Wildman–Crippen LogP) is 2.87. The van der Waals surface area contributed by atoms with E-state index in [2.05, 4.69) is 10.2 Å². The molecule has 2 atom stereocenters. The number of aromatic nitrogens is 4. The minimum absolute atomic E-state index is 0.174. The van der Waals surface area contributed by atoms with E-state index in [4.69, 9.17) is 9.72 Å². The van der Waals surface area contributed by atoms with E-state index >= 15 is 0 Å². The van der Waals surface area contributed by atoms with Gasteiger partial charge in [0.2, 0.25) is 0 Å². The van der Waals surface area contributed by atoms with Gasteiger partial charge in [0.25, 0.3) is 0 Å². The van der Waals surface area contributed by atoms with E-state index in [1.54, 1.807) is 0 Å². The predicted molar refractivity (Wildman–Crippen MR) is 111 cm³/mol. The van der Waals surface area contributed by atoms with Gasteiger partial charge in [0.15, 0.2) is 11.5 Å². The van der Waals surface area contributed by atoms with E-state index in [1.807, 2.05) is 71.1 Å². The van der Waals surface area contributed by atoms with Gasteiger partial charge < -0.3 is 9.84 Å². The SMILES string of the molecule is CN1CC[C@H](Oc2cccc3ccc(-c4nnc5ccccn45)nc23)C[C@H]1C(=O)O. The molecule has 30 heavy (non-hydrogen) atoms. The highest BCUT2D eigenvalue weighted by atomic mass is 16.5. The van der Waals surface area contributed by atoms with E-state index in [0.717, 1.165) is 23.0 Å².